The van der Waals surface area contributed by atoms with Gasteiger partial charge in [0.25, 0.3) is 0 Å². The molecule has 2 N–H and O–H groups in total. The van der Waals surface area contributed by atoms with E-state index in [0.717, 1.165) is 45.8 Å². The average Bonchev–Trinajstić information content (AvgIpc) is 3.00. The van der Waals surface area contributed by atoms with E-state index >= 15 is 0 Å². The lowest BCUT2D eigenvalue weighted by Crippen LogP contribution is -2.27. The predicted octanol–water partition coefficient (Wildman–Crippen LogP) is 3.71. The van der Waals surface area contributed by atoms with Gasteiger partial charge in [-0.2, -0.15) is 0 Å². The topological polar surface area (TPSA) is 78.9 Å². The number of nitrogens with one attached hydrogen (secondary N) is 1. The summed E-state index contributed by atoms with van der Waals surface area (Å²) in [6.07, 6.45) is 7.11. The number of hydrogen-bond donors (Lipinski definition) is 2. The highest BCUT2D eigenvalue weighted by molar-refractivity contribution is 6.02. The van der Waals surface area contributed by atoms with Crippen molar-refractivity contribution in [2.75, 3.05) is 0 Å². The summed E-state index contributed by atoms with van der Waals surface area (Å²) in [5, 5.41) is 9.67. The molecule has 0 fully saturated rings. The zero-order valence-electron chi connectivity index (χ0n) is 15.6. The van der Waals surface area contributed by atoms with Gasteiger partial charge in [-0.1, -0.05) is 19.9 Å². The van der Waals surface area contributed by atoms with Crippen LogP contribution in [0.5, 0.6) is 0 Å². The number of carbonyl (C=O) groups excluding carboxylic acids is 1. The first-order valence-electron chi connectivity index (χ1n) is 9.19. The minimum absolute atomic E-state index is 0.0526. The minimum Gasteiger partial charge on any atom is -0.392 e. The van der Waals surface area contributed by atoms with Crippen molar-refractivity contribution >= 4 is 5.78 Å². The molecule has 27 heavy (non-hydrogen) atoms. The summed E-state index contributed by atoms with van der Waals surface area (Å²) in [6.45, 7) is 4.19. The highest BCUT2D eigenvalue weighted by Gasteiger charge is 2.35. The first kappa shape index (κ1) is 17.6. The molecule has 4 rings (SSSR count). The van der Waals surface area contributed by atoms with Crippen molar-refractivity contribution in [2.45, 2.75) is 39.7 Å². The van der Waals surface area contributed by atoms with E-state index in [1.807, 2.05) is 24.3 Å². The molecular formula is C22H23N3O2. The lowest BCUT2D eigenvalue weighted by atomic mass is 9.75. The number of nitrogens with zero attached hydrogens (tertiary/aromatic N) is 2. The van der Waals surface area contributed by atoms with Crippen LogP contribution in [0.4, 0.5) is 0 Å². The van der Waals surface area contributed by atoms with Crippen LogP contribution in [-0.4, -0.2) is 25.8 Å². The molecule has 3 aromatic heterocycles. The molecule has 0 aromatic carbocycles. The Morgan fingerprint density at radius 1 is 1.15 bits per heavy atom. The van der Waals surface area contributed by atoms with Crippen LogP contribution in [0.1, 0.15) is 53.1 Å². The lowest BCUT2D eigenvalue weighted by Gasteiger charge is -2.28. The van der Waals surface area contributed by atoms with Crippen LogP contribution in [0.25, 0.3) is 11.3 Å². The number of fused-ring (bicyclic) bond motifs is 1. The van der Waals surface area contributed by atoms with Gasteiger partial charge in [-0.05, 0) is 41.2 Å². The number of H-pyrrole nitrogens is 1. The van der Waals surface area contributed by atoms with E-state index in [-0.39, 0.29) is 17.8 Å². The average molecular weight is 361 g/mol. The van der Waals surface area contributed by atoms with E-state index < -0.39 is 0 Å². The molecule has 3 heterocycles. The van der Waals surface area contributed by atoms with Gasteiger partial charge >= 0.3 is 0 Å². The van der Waals surface area contributed by atoms with E-state index in [2.05, 4.69) is 28.8 Å². The fourth-order valence-electron chi connectivity index (χ4n) is 4.01. The first-order chi connectivity index (χ1) is 13.0. The highest BCUT2D eigenvalue weighted by atomic mass is 16.3. The maximum atomic E-state index is 13.0. The first-order valence-corrected chi connectivity index (χ1v) is 9.19. The smallest absolute Gasteiger partial charge is 0.165 e. The fraction of sp³-hybridized carbons (Fsp3) is 0.318. The molecule has 0 spiro atoms. The molecule has 0 amide bonds. The molecule has 0 bridgehead atoms. The Bertz CT molecular complexity index is 990. The van der Waals surface area contributed by atoms with Crippen LogP contribution in [0.2, 0.25) is 0 Å². The Kier molecular flexibility index (Phi) is 4.40. The van der Waals surface area contributed by atoms with Gasteiger partial charge in [0, 0.05) is 48.3 Å². The number of aromatic nitrogens is 3. The summed E-state index contributed by atoms with van der Waals surface area (Å²) in [5.41, 5.74) is 6.25. The van der Waals surface area contributed by atoms with Crippen LogP contribution in [-0.2, 0) is 19.4 Å². The lowest BCUT2D eigenvalue weighted by molar-refractivity contribution is 0.0911. The van der Waals surface area contributed by atoms with Crippen molar-refractivity contribution in [3.05, 3.63) is 70.9 Å². The molecule has 0 saturated carbocycles. The van der Waals surface area contributed by atoms with Gasteiger partial charge < -0.3 is 10.1 Å². The number of pyridine rings is 2. The molecule has 5 nitrogen and oxygen atoms in total. The van der Waals surface area contributed by atoms with Crippen LogP contribution >= 0.6 is 0 Å². The van der Waals surface area contributed by atoms with Crippen LogP contribution in [0, 0.1) is 5.41 Å². The fourth-order valence-corrected chi connectivity index (χ4v) is 4.01. The molecule has 0 radical (unpaired) electrons. The summed E-state index contributed by atoms with van der Waals surface area (Å²) < 4.78 is 0. The predicted molar refractivity (Wildman–Crippen MR) is 103 cm³/mol. The number of carbonyl (C=O) groups is 1. The van der Waals surface area contributed by atoms with Gasteiger partial charge in [-0.3, -0.25) is 14.8 Å². The minimum atomic E-state index is -0.0681. The Labute approximate surface area is 158 Å². The van der Waals surface area contributed by atoms with E-state index in [1.165, 1.54) is 0 Å². The molecule has 1 aliphatic carbocycles. The Morgan fingerprint density at radius 2 is 1.93 bits per heavy atom. The third kappa shape index (κ3) is 3.30. The molecular weight excluding hydrogens is 338 g/mol. The highest BCUT2D eigenvalue weighted by Crippen LogP contribution is 2.40. The van der Waals surface area contributed by atoms with Gasteiger partial charge in [0.2, 0.25) is 0 Å². The number of aromatic amines is 1. The largest absolute Gasteiger partial charge is 0.392 e. The summed E-state index contributed by atoms with van der Waals surface area (Å²) in [6, 6.07) is 7.58. The molecule has 1 aliphatic rings. The quantitative estimate of drug-likeness (QED) is 0.742. The molecule has 0 aliphatic heterocycles. The van der Waals surface area contributed by atoms with Gasteiger partial charge in [-0.25, -0.2) is 0 Å². The van der Waals surface area contributed by atoms with Crippen LogP contribution in [0.3, 0.4) is 0 Å². The van der Waals surface area contributed by atoms with Crippen molar-refractivity contribution in [3.8, 4) is 11.3 Å². The third-order valence-electron chi connectivity index (χ3n) is 5.22. The van der Waals surface area contributed by atoms with Gasteiger partial charge in [-0.15, -0.1) is 0 Å². The number of ketones is 1. The standard InChI is InChI=1S/C22H23N3O2/c1-22(2)11-18-20(19(27)12-22)16(10-17-15(13-26)4-3-7-24-17)21(25-18)14-5-8-23-9-6-14/h3-9,25-26H,10-13H2,1-2H3. The molecule has 3 aromatic rings. The number of Topliss-reactive ketones (excluding diaryl/α,β-unsaturated/α-hetero) is 1. The monoisotopic (exact) mass is 361 g/mol. The van der Waals surface area contributed by atoms with Crippen molar-refractivity contribution < 1.29 is 9.90 Å². The second-order valence-electron chi connectivity index (χ2n) is 7.95. The molecule has 5 heteroatoms. The zero-order chi connectivity index (χ0) is 19.0. The summed E-state index contributed by atoms with van der Waals surface area (Å²) in [7, 11) is 0. The Hall–Kier alpha value is -2.79. The van der Waals surface area contributed by atoms with Crippen LogP contribution in [0.15, 0.2) is 42.9 Å². The van der Waals surface area contributed by atoms with E-state index in [1.54, 1.807) is 18.6 Å². The maximum absolute atomic E-state index is 13.0. The van der Waals surface area contributed by atoms with Gasteiger partial charge in [0.15, 0.2) is 5.78 Å². The maximum Gasteiger partial charge on any atom is 0.165 e. The van der Waals surface area contributed by atoms with Crippen molar-refractivity contribution in [2.24, 2.45) is 5.41 Å². The SMILES string of the molecule is CC1(C)CC(=O)c2c([nH]c(-c3ccncc3)c2Cc2ncccc2CO)C1. The van der Waals surface area contributed by atoms with Crippen molar-refractivity contribution in [1.82, 2.24) is 15.0 Å². The summed E-state index contributed by atoms with van der Waals surface area (Å²) in [4.78, 5) is 25.1. The number of aliphatic hydroxyl groups is 1. The van der Waals surface area contributed by atoms with Gasteiger partial charge in [0.05, 0.1) is 18.0 Å². The third-order valence-corrected chi connectivity index (χ3v) is 5.22. The molecule has 0 unspecified atom stereocenters. The number of rotatable bonds is 4. The molecule has 138 valence electrons. The van der Waals surface area contributed by atoms with E-state index in [0.29, 0.717) is 12.8 Å². The number of aliphatic hydroxyl groups excluding tert-OH is 1. The van der Waals surface area contributed by atoms with E-state index in [4.69, 9.17) is 0 Å². The van der Waals surface area contributed by atoms with Crippen molar-refractivity contribution in [3.63, 3.8) is 0 Å². The molecule has 0 saturated heterocycles. The normalized spacial score (nSPS) is 15.6. The van der Waals surface area contributed by atoms with Gasteiger partial charge in [0.1, 0.15) is 0 Å². The zero-order valence-corrected chi connectivity index (χ0v) is 15.6. The Balaban J connectivity index is 1.89. The number of hydrogen-bond acceptors (Lipinski definition) is 4. The van der Waals surface area contributed by atoms with Crippen LogP contribution < -0.4 is 0 Å². The van der Waals surface area contributed by atoms with E-state index in [9.17, 15) is 9.90 Å². The second-order valence-corrected chi connectivity index (χ2v) is 7.95. The summed E-state index contributed by atoms with van der Waals surface area (Å²) >= 11 is 0. The Morgan fingerprint density at radius 3 is 2.67 bits per heavy atom. The van der Waals surface area contributed by atoms with Crippen molar-refractivity contribution in [1.29, 1.82) is 0 Å². The summed E-state index contributed by atoms with van der Waals surface area (Å²) in [5.74, 6) is 0.175. The second kappa shape index (κ2) is 6.74. The molecule has 0 atom stereocenters.